The van der Waals surface area contributed by atoms with Gasteiger partial charge in [-0.2, -0.15) is 0 Å². The second-order valence-corrected chi connectivity index (χ2v) is 2.93. The zero-order valence-electron chi connectivity index (χ0n) is 6.58. The topological polar surface area (TPSA) is 46.0 Å². The molecule has 0 aromatic carbocycles. The molecule has 0 aliphatic heterocycles. The Kier molecular flexibility index (Phi) is 1.94. The maximum atomic E-state index is 11.1. The molecule has 2 aromatic rings. The van der Waals surface area contributed by atoms with Crippen molar-refractivity contribution in [1.82, 2.24) is 4.98 Å². The molecular weight excluding hydrogens is 190 g/mol. The van der Waals surface area contributed by atoms with Gasteiger partial charge in [0.05, 0.1) is 12.0 Å². The molecule has 2 rings (SSSR count). The first-order valence-electron chi connectivity index (χ1n) is 3.70. The highest BCUT2D eigenvalue weighted by molar-refractivity contribution is 6.30. The molecule has 0 radical (unpaired) electrons. The van der Waals surface area contributed by atoms with Crippen LogP contribution in [0, 0.1) is 0 Å². The van der Waals surface area contributed by atoms with Crippen LogP contribution < -0.4 is 5.56 Å². The summed E-state index contributed by atoms with van der Waals surface area (Å²) < 4.78 is 5.10. The largest absolute Gasteiger partial charge is 0.463 e. The van der Waals surface area contributed by atoms with Crippen LogP contribution in [0.3, 0.4) is 0 Å². The lowest BCUT2D eigenvalue weighted by atomic mass is 10.3. The predicted octanol–water partition coefficient (Wildman–Crippen LogP) is 2.29. The van der Waals surface area contributed by atoms with Crippen molar-refractivity contribution in [3.63, 3.8) is 0 Å². The van der Waals surface area contributed by atoms with E-state index in [9.17, 15) is 4.79 Å². The summed E-state index contributed by atoms with van der Waals surface area (Å²) in [7, 11) is 0. The molecule has 13 heavy (non-hydrogen) atoms. The van der Waals surface area contributed by atoms with Gasteiger partial charge >= 0.3 is 0 Å². The van der Waals surface area contributed by atoms with Crippen molar-refractivity contribution in [1.29, 1.82) is 0 Å². The average molecular weight is 196 g/mol. The number of aromatic amines is 1. The first kappa shape index (κ1) is 8.13. The molecule has 0 amide bonds. The second-order valence-electron chi connectivity index (χ2n) is 2.53. The first-order valence-corrected chi connectivity index (χ1v) is 4.08. The van der Waals surface area contributed by atoms with E-state index < -0.39 is 0 Å². The number of rotatable bonds is 1. The van der Waals surface area contributed by atoms with Crippen molar-refractivity contribution in [3.8, 4) is 11.5 Å². The highest BCUT2D eigenvalue weighted by Crippen LogP contribution is 2.16. The minimum Gasteiger partial charge on any atom is -0.463 e. The molecule has 2 heterocycles. The van der Waals surface area contributed by atoms with Crippen LogP contribution in [0.2, 0.25) is 5.02 Å². The fraction of sp³-hybridized carbons (Fsp3) is 0. The monoisotopic (exact) mass is 195 g/mol. The zero-order valence-corrected chi connectivity index (χ0v) is 7.34. The molecule has 0 aliphatic rings. The van der Waals surface area contributed by atoms with Crippen molar-refractivity contribution >= 4 is 11.6 Å². The van der Waals surface area contributed by atoms with Crippen molar-refractivity contribution in [2.75, 3.05) is 0 Å². The lowest BCUT2D eigenvalue weighted by Gasteiger charge is -1.95. The van der Waals surface area contributed by atoms with E-state index in [1.165, 1.54) is 6.07 Å². The Balaban J connectivity index is 2.55. The van der Waals surface area contributed by atoms with Crippen molar-refractivity contribution in [3.05, 3.63) is 45.9 Å². The maximum absolute atomic E-state index is 11.1. The summed E-state index contributed by atoms with van der Waals surface area (Å²) in [4.78, 5) is 13.7. The lowest BCUT2D eigenvalue weighted by molar-refractivity contribution is 0.580. The van der Waals surface area contributed by atoms with Crippen LogP contribution in [0.4, 0.5) is 0 Å². The maximum Gasteiger partial charge on any atom is 0.267 e. The van der Waals surface area contributed by atoms with Gasteiger partial charge in [0.2, 0.25) is 0 Å². The van der Waals surface area contributed by atoms with E-state index in [1.54, 1.807) is 24.5 Å². The van der Waals surface area contributed by atoms with E-state index in [1.807, 2.05) is 0 Å². The van der Waals surface area contributed by atoms with E-state index in [-0.39, 0.29) is 10.6 Å². The van der Waals surface area contributed by atoms with Gasteiger partial charge in [-0.1, -0.05) is 11.6 Å². The molecule has 0 fully saturated rings. The highest BCUT2D eigenvalue weighted by atomic mass is 35.5. The fourth-order valence-corrected chi connectivity index (χ4v) is 1.14. The summed E-state index contributed by atoms with van der Waals surface area (Å²) >= 11 is 5.57. The van der Waals surface area contributed by atoms with Crippen molar-refractivity contribution in [2.45, 2.75) is 0 Å². The third-order valence-electron chi connectivity index (χ3n) is 1.65. The third kappa shape index (κ3) is 1.51. The molecule has 0 aliphatic carbocycles. The molecule has 1 N–H and O–H groups in total. The minimum absolute atomic E-state index is 0.176. The van der Waals surface area contributed by atoms with Gasteiger partial charge in [-0.25, -0.2) is 0 Å². The Morgan fingerprint density at radius 2 is 2.15 bits per heavy atom. The van der Waals surface area contributed by atoms with Crippen LogP contribution in [-0.4, -0.2) is 4.98 Å². The van der Waals surface area contributed by atoms with Gasteiger partial charge in [0.15, 0.2) is 0 Å². The number of pyridine rings is 1. The molecule has 0 unspecified atom stereocenters. The van der Waals surface area contributed by atoms with Crippen LogP contribution in [0.15, 0.2) is 39.7 Å². The Hall–Kier alpha value is -1.48. The number of nitrogens with one attached hydrogen (secondary N) is 1. The molecule has 3 nitrogen and oxygen atoms in total. The summed E-state index contributed by atoms with van der Waals surface area (Å²) in [5, 5.41) is 0.176. The standard InChI is InChI=1S/C9H6ClNO2/c10-6-3-4-7(11-9(6)12)8-2-1-5-13-8/h1-5H,(H,11,12). The van der Waals surface area contributed by atoms with Gasteiger partial charge in [-0.05, 0) is 24.3 Å². The summed E-state index contributed by atoms with van der Waals surface area (Å²) in [6.45, 7) is 0. The summed E-state index contributed by atoms with van der Waals surface area (Å²) in [5.74, 6) is 0.619. The quantitative estimate of drug-likeness (QED) is 0.759. The number of hydrogen-bond acceptors (Lipinski definition) is 2. The molecule has 0 spiro atoms. The number of halogens is 1. The van der Waals surface area contributed by atoms with Crippen molar-refractivity contribution in [2.24, 2.45) is 0 Å². The van der Waals surface area contributed by atoms with Crippen molar-refractivity contribution < 1.29 is 4.42 Å². The number of furan rings is 1. The van der Waals surface area contributed by atoms with Gasteiger partial charge in [0.25, 0.3) is 5.56 Å². The van der Waals surface area contributed by atoms with Crippen LogP contribution in [0.25, 0.3) is 11.5 Å². The third-order valence-corrected chi connectivity index (χ3v) is 1.95. The Morgan fingerprint density at radius 3 is 2.77 bits per heavy atom. The summed E-state index contributed by atoms with van der Waals surface area (Å²) in [6, 6.07) is 6.75. The highest BCUT2D eigenvalue weighted by Gasteiger charge is 2.02. The van der Waals surface area contributed by atoms with Gasteiger partial charge in [0, 0.05) is 0 Å². The second kappa shape index (κ2) is 3.11. The molecule has 2 aromatic heterocycles. The van der Waals surface area contributed by atoms with Crippen LogP contribution in [-0.2, 0) is 0 Å². The van der Waals surface area contributed by atoms with Crippen LogP contribution in [0.1, 0.15) is 0 Å². The lowest BCUT2D eigenvalue weighted by Crippen LogP contribution is -2.05. The SMILES string of the molecule is O=c1[nH]c(-c2ccco2)ccc1Cl. The summed E-state index contributed by atoms with van der Waals surface area (Å²) in [6.07, 6.45) is 1.54. The van der Waals surface area contributed by atoms with E-state index in [0.29, 0.717) is 11.5 Å². The molecule has 0 saturated heterocycles. The Morgan fingerprint density at radius 1 is 1.31 bits per heavy atom. The average Bonchev–Trinajstić information content (AvgIpc) is 2.62. The molecule has 4 heteroatoms. The van der Waals surface area contributed by atoms with Gasteiger partial charge in [-0.3, -0.25) is 4.79 Å². The van der Waals surface area contributed by atoms with Gasteiger partial charge in [-0.15, -0.1) is 0 Å². The van der Waals surface area contributed by atoms with E-state index in [4.69, 9.17) is 16.0 Å². The zero-order chi connectivity index (χ0) is 9.26. The smallest absolute Gasteiger partial charge is 0.267 e. The normalized spacial score (nSPS) is 10.2. The minimum atomic E-state index is -0.310. The first-order chi connectivity index (χ1) is 6.27. The molecule has 0 bridgehead atoms. The molecule has 0 saturated carbocycles. The van der Waals surface area contributed by atoms with Crippen LogP contribution in [0.5, 0.6) is 0 Å². The predicted molar refractivity (Wildman–Crippen MR) is 49.8 cm³/mol. The molecule has 66 valence electrons. The fourth-order valence-electron chi connectivity index (χ4n) is 1.03. The summed E-state index contributed by atoms with van der Waals surface area (Å²) in [5.41, 5.74) is 0.315. The van der Waals surface area contributed by atoms with Gasteiger partial charge < -0.3 is 9.40 Å². The van der Waals surface area contributed by atoms with Crippen LogP contribution >= 0.6 is 11.6 Å². The Labute approximate surface area is 79.0 Å². The molecular formula is C9H6ClNO2. The number of aromatic nitrogens is 1. The van der Waals surface area contributed by atoms with E-state index >= 15 is 0 Å². The molecule has 0 atom stereocenters. The number of H-pyrrole nitrogens is 1. The van der Waals surface area contributed by atoms with Gasteiger partial charge in [0.1, 0.15) is 10.8 Å². The number of hydrogen-bond donors (Lipinski definition) is 1. The van der Waals surface area contributed by atoms with E-state index in [0.717, 1.165) is 0 Å². The Bertz CT molecular complexity index is 459. The van der Waals surface area contributed by atoms with E-state index in [2.05, 4.69) is 4.98 Å².